The summed E-state index contributed by atoms with van der Waals surface area (Å²) in [5.41, 5.74) is 6.13. The predicted octanol–water partition coefficient (Wildman–Crippen LogP) is 6.95. The third-order valence-corrected chi connectivity index (χ3v) is 9.28. The monoisotopic (exact) mass is 500 g/mol. The Hall–Kier alpha value is -2.90. The zero-order valence-electron chi connectivity index (χ0n) is 19.2. The van der Waals surface area contributed by atoms with Crippen molar-refractivity contribution in [1.82, 2.24) is 9.88 Å². The Labute approximate surface area is 212 Å². The molecule has 1 saturated carbocycles. The summed E-state index contributed by atoms with van der Waals surface area (Å²) in [6.07, 6.45) is 4.59. The average Bonchev–Trinajstić information content (AvgIpc) is 3.38. The molecule has 4 nitrogen and oxygen atoms in total. The molecule has 2 heterocycles. The van der Waals surface area contributed by atoms with Crippen LogP contribution in [0, 0.1) is 5.82 Å². The van der Waals surface area contributed by atoms with Crippen molar-refractivity contribution in [2.45, 2.75) is 43.0 Å². The average molecular weight is 501 g/mol. The number of thioether (sulfide) groups is 1. The fourth-order valence-corrected chi connectivity index (χ4v) is 7.64. The topological polar surface area (TPSA) is 40.5 Å². The van der Waals surface area contributed by atoms with Gasteiger partial charge < -0.3 is 10.2 Å². The molecule has 2 atom stereocenters. The highest BCUT2D eigenvalue weighted by molar-refractivity contribution is 8.14. The Morgan fingerprint density at radius 2 is 1.91 bits per heavy atom. The van der Waals surface area contributed by atoms with Crippen LogP contribution in [0.4, 0.5) is 15.2 Å². The van der Waals surface area contributed by atoms with Crippen molar-refractivity contribution in [1.29, 1.82) is 0 Å². The van der Waals surface area contributed by atoms with Crippen LogP contribution in [0.2, 0.25) is 0 Å². The summed E-state index contributed by atoms with van der Waals surface area (Å²) in [5.74, 6) is -0.222. The highest BCUT2D eigenvalue weighted by atomic mass is 32.2. The van der Waals surface area contributed by atoms with E-state index >= 15 is 0 Å². The van der Waals surface area contributed by atoms with Crippen LogP contribution < -0.4 is 5.32 Å². The van der Waals surface area contributed by atoms with E-state index in [1.165, 1.54) is 58.2 Å². The minimum atomic E-state index is -0.222. The highest BCUT2D eigenvalue weighted by Crippen LogP contribution is 2.53. The number of rotatable bonds is 6. The Morgan fingerprint density at radius 1 is 1.06 bits per heavy atom. The minimum absolute atomic E-state index is 0.222. The predicted molar refractivity (Wildman–Crippen MR) is 144 cm³/mol. The first kappa shape index (κ1) is 21.4. The fraction of sp³-hybridized carbons (Fsp3) is 0.286. The van der Waals surface area contributed by atoms with Crippen LogP contribution in [0.15, 0.2) is 71.7 Å². The number of fused-ring (bicyclic) bond motifs is 4. The van der Waals surface area contributed by atoms with Crippen LogP contribution in [0.25, 0.3) is 10.2 Å². The first-order valence-electron chi connectivity index (χ1n) is 12.2. The Morgan fingerprint density at radius 3 is 2.77 bits per heavy atom. The molecule has 1 aliphatic heterocycles. The molecule has 1 saturated heterocycles. The molecule has 0 bridgehead atoms. The molecule has 3 aromatic carbocycles. The maximum absolute atomic E-state index is 13.4. The van der Waals surface area contributed by atoms with Gasteiger partial charge in [0.05, 0.1) is 21.9 Å². The Balaban J connectivity index is 1.02. The largest absolute Gasteiger partial charge is 0.361 e. The van der Waals surface area contributed by atoms with E-state index in [0.717, 1.165) is 40.4 Å². The van der Waals surface area contributed by atoms with Crippen LogP contribution in [0.1, 0.15) is 35.6 Å². The van der Waals surface area contributed by atoms with E-state index in [1.807, 2.05) is 11.8 Å². The second-order valence-electron chi connectivity index (χ2n) is 9.51. The van der Waals surface area contributed by atoms with Crippen molar-refractivity contribution in [3.05, 3.63) is 89.2 Å². The number of hydrogen-bond acceptors (Lipinski definition) is 5. The van der Waals surface area contributed by atoms with E-state index in [1.54, 1.807) is 6.07 Å². The summed E-state index contributed by atoms with van der Waals surface area (Å²) in [6, 6.07) is 23.4. The van der Waals surface area contributed by atoms with Gasteiger partial charge >= 0.3 is 0 Å². The lowest BCUT2D eigenvalue weighted by molar-refractivity contribution is 0.330. The van der Waals surface area contributed by atoms with Gasteiger partial charge in [-0.2, -0.15) is 0 Å². The molecule has 0 radical (unpaired) electrons. The van der Waals surface area contributed by atoms with E-state index < -0.39 is 0 Å². The summed E-state index contributed by atoms with van der Waals surface area (Å²) >= 11 is 3.45. The standard InChI is InChI=1S/C28H25FN4S2/c29-19-7-12-23-24(16-19)34-27(32-23)30-14-13-17-5-8-20(9-6-17)31-28-33(21-10-11-21)26-22-4-2-1-3-18(22)15-25(26)35-28/h1-9,12,16,21,25-26H,10-11,13-15H2,(H,30,32)/b31-28-/t25?,26-/m0/s1. The number of nitrogens with zero attached hydrogens (tertiary/aromatic N) is 3. The molecule has 35 heavy (non-hydrogen) atoms. The lowest BCUT2D eigenvalue weighted by Gasteiger charge is -2.26. The zero-order valence-corrected chi connectivity index (χ0v) is 20.8. The van der Waals surface area contributed by atoms with E-state index in [4.69, 9.17) is 4.99 Å². The lowest BCUT2D eigenvalue weighted by Crippen LogP contribution is -2.30. The summed E-state index contributed by atoms with van der Waals surface area (Å²) < 4.78 is 14.3. The smallest absolute Gasteiger partial charge is 0.183 e. The number of benzene rings is 3. The Kier molecular flexibility index (Phi) is 5.28. The molecule has 0 spiro atoms. The number of thiazole rings is 1. The first-order valence-corrected chi connectivity index (χ1v) is 13.9. The van der Waals surface area contributed by atoms with Crippen LogP contribution in [-0.2, 0) is 12.8 Å². The van der Waals surface area contributed by atoms with Gasteiger partial charge in [0.1, 0.15) is 5.82 Å². The molecule has 7 rings (SSSR count). The highest BCUT2D eigenvalue weighted by Gasteiger charge is 2.50. The zero-order chi connectivity index (χ0) is 23.4. The SMILES string of the molecule is Fc1ccc2nc(NCCc3ccc(/N=C4\SC5Cc6ccccc6[C@@H]5N4C4CC4)cc3)sc2c1. The molecule has 2 aliphatic carbocycles. The van der Waals surface area contributed by atoms with Crippen molar-refractivity contribution in [3.8, 4) is 0 Å². The van der Waals surface area contributed by atoms with Crippen LogP contribution in [-0.4, -0.2) is 32.9 Å². The van der Waals surface area contributed by atoms with E-state index in [-0.39, 0.29) is 5.82 Å². The van der Waals surface area contributed by atoms with Crippen molar-refractivity contribution < 1.29 is 4.39 Å². The van der Waals surface area contributed by atoms with Gasteiger partial charge in [-0.1, -0.05) is 59.5 Å². The van der Waals surface area contributed by atoms with Gasteiger partial charge in [-0.15, -0.1) is 0 Å². The van der Waals surface area contributed by atoms with Gasteiger partial charge in [0, 0.05) is 17.8 Å². The van der Waals surface area contributed by atoms with Crippen molar-refractivity contribution in [2.75, 3.05) is 11.9 Å². The van der Waals surface area contributed by atoms with E-state index in [2.05, 4.69) is 63.7 Å². The summed E-state index contributed by atoms with van der Waals surface area (Å²) in [4.78, 5) is 12.3. The molecule has 1 N–H and O–H groups in total. The van der Waals surface area contributed by atoms with Gasteiger partial charge in [0.15, 0.2) is 10.3 Å². The van der Waals surface area contributed by atoms with Gasteiger partial charge in [0.2, 0.25) is 0 Å². The lowest BCUT2D eigenvalue weighted by atomic mass is 10.1. The molecular formula is C28H25FN4S2. The van der Waals surface area contributed by atoms with Crippen LogP contribution in [0.5, 0.6) is 0 Å². The number of anilines is 1. The van der Waals surface area contributed by atoms with Gasteiger partial charge in [-0.25, -0.2) is 14.4 Å². The second kappa shape index (κ2) is 8.64. The van der Waals surface area contributed by atoms with E-state index in [0.29, 0.717) is 17.3 Å². The first-order chi connectivity index (χ1) is 17.2. The third-order valence-electron chi connectivity index (χ3n) is 7.07. The maximum Gasteiger partial charge on any atom is 0.183 e. The molecule has 3 aliphatic rings. The fourth-order valence-electron chi connectivity index (χ4n) is 5.24. The van der Waals surface area contributed by atoms with Crippen LogP contribution >= 0.6 is 23.1 Å². The number of aromatic nitrogens is 1. The molecule has 2 fully saturated rings. The number of nitrogens with one attached hydrogen (secondary N) is 1. The van der Waals surface area contributed by atoms with Crippen LogP contribution in [0.3, 0.4) is 0 Å². The number of halogens is 1. The molecule has 1 aromatic heterocycles. The Bertz CT molecular complexity index is 1430. The summed E-state index contributed by atoms with van der Waals surface area (Å²) in [5, 5.41) is 5.98. The number of hydrogen-bond donors (Lipinski definition) is 1. The quantitative estimate of drug-likeness (QED) is 0.311. The molecular weight excluding hydrogens is 475 g/mol. The van der Waals surface area contributed by atoms with Gasteiger partial charge in [0.25, 0.3) is 0 Å². The second-order valence-corrected chi connectivity index (χ2v) is 11.7. The molecule has 0 amide bonds. The summed E-state index contributed by atoms with van der Waals surface area (Å²) in [6.45, 7) is 0.782. The number of aliphatic imine (C=N–C) groups is 1. The maximum atomic E-state index is 13.4. The number of amidine groups is 1. The molecule has 176 valence electrons. The van der Waals surface area contributed by atoms with Gasteiger partial charge in [-0.3, -0.25) is 0 Å². The summed E-state index contributed by atoms with van der Waals surface area (Å²) in [7, 11) is 0. The third kappa shape index (κ3) is 4.10. The molecule has 7 heteroatoms. The molecule has 4 aromatic rings. The minimum Gasteiger partial charge on any atom is -0.361 e. The van der Waals surface area contributed by atoms with Gasteiger partial charge in [-0.05, 0) is 72.7 Å². The van der Waals surface area contributed by atoms with E-state index in [9.17, 15) is 4.39 Å². The van der Waals surface area contributed by atoms with Crippen molar-refractivity contribution >= 4 is 49.3 Å². The van der Waals surface area contributed by atoms with Crippen molar-refractivity contribution in [3.63, 3.8) is 0 Å². The van der Waals surface area contributed by atoms with Crippen molar-refractivity contribution in [2.24, 2.45) is 4.99 Å². The normalized spacial score (nSPS) is 22.1. The molecule has 1 unspecified atom stereocenters.